The molecule has 46 heavy (non-hydrogen) atoms. The van der Waals surface area contributed by atoms with Crippen molar-refractivity contribution in [2.24, 2.45) is 5.73 Å². The van der Waals surface area contributed by atoms with E-state index in [4.69, 9.17) is 38.9 Å². The molecule has 2 aromatic rings. The zero-order valence-corrected chi connectivity index (χ0v) is 27.0. The Morgan fingerprint density at radius 3 is 1.57 bits per heavy atom. The number of anilines is 2. The minimum absolute atomic E-state index is 0.0438. The molecule has 14 heteroatoms. The highest BCUT2D eigenvalue weighted by Crippen LogP contribution is 2.33. The molecule has 0 radical (unpaired) electrons. The third kappa shape index (κ3) is 13.1. The highest BCUT2D eigenvalue weighted by molar-refractivity contribution is 5.83. The number of benzene rings is 2. The Balaban J connectivity index is 2.25. The summed E-state index contributed by atoms with van der Waals surface area (Å²) in [7, 11) is 5.03. The molecule has 2 N–H and O–H groups in total. The Hall–Kier alpha value is -4.72. The van der Waals surface area contributed by atoms with Crippen molar-refractivity contribution in [1.29, 1.82) is 0 Å². The number of nitrogens with zero attached hydrogens (tertiary/aromatic N) is 2. The third-order valence-corrected chi connectivity index (χ3v) is 6.63. The maximum absolute atomic E-state index is 12.2. The van der Waals surface area contributed by atoms with Gasteiger partial charge in [-0.3, -0.25) is 19.2 Å². The highest BCUT2D eigenvalue weighted by Gasteiger charge is 2.22. The van der Waals surface area contributed by atoms with Gasteiger partial charge in [0.1, 0.15) is 56.6 Å². The van der Waals surface area contributed by atoms with Crippen LogP contribution in [-0.2, 0) is 38.1 Å². The molecule has 0 bridgehead atoms. The number of methoxy groups -OCH3 is 4. The minimum atomic E-state index is -0.559. The lowest BCUT2D eigenvalue weighted by atomic mass is 10.2. The monoisotopic (exact) mass is 647 g/mol. The highest BCUT2D eigenvalue weighted by atomic mass is 16.5. The summed E-state index contributed by atoms with van der Waals surface area (Å²) < 4.78 is 37.3. The maximum atomic E-state index is 12.2. The van der Waals surface area contributed by atoms with E-state index in [1.54, 1.807) is 42.5 Å². The van der Waals surface area contributed by atoms with E-state index in [1.807, 2.05) is 0 Å². The van der Waals surface area contributed by atoms with Crippen LogP contribution in [0.4, 0.5) is 11.4 Å². The van der Waals surface area contributed by atoms with Crippen molar-refractivity contribution in [1.82, 2.24) is 0 Å². The number of rotatable bonds is 22. The van der Waals surface area contributed by atoms with Crippen LogP contribution < -0.4 is 29.7 Å². The topological polar surface area (TPSA) is 165 Å². The van der Waals surface area contributed by atoms with Crippen LogP contribution in [0.2, 0.25) is 0 Å². The summed E-state index contributed by atoms with van der Waals surface area (Å²) >= 11 is 0. The fraction of sp³-hybridized carbons (Fsp3) is 0.500. The van der Waals surface area contributed by atoms with Gasteiger partial charge in [0.2, 0.25) is 0 Å². The molecule has 0 amide bonds. The van der Waals surface area contributed by atoms with Crippen molar-refractivity contribution in [3.63, 3.8) is 0 Å². The number of nitrogens with two attached hydrogens (primary N) is 1. The van der Waals surface area contributed by atoms with E-state index in [9.17, 15) is 19.2 Å². The first kappa shape index (κ1) is 37.5. The van der Waals surface area contributed by atoms with Crippen LogP contribution in [0.5, 0.6) is 17.2 Å². The molecule has 14 nitrogen and oxygen atoms in total. The van der Waals surface area contributed by atoms with E-state index in [0.29, 0.717) is 41.8 Å². The van der Waals surface area contributed by atoms with E-state index in [0.717, 1.165) is 25.7 Å². The van der Waals surface area contributed by atoms with Gasteiger partial charge in [0.25, 0.3) is 0 Å². The molecule has 0 heterocycles. The summed E-state index contributed by atoms with van der Waals surface area (Å²) in [6.45, 7) is 0.371. The Bertz CT molecular complexity index is 1220. The van der Waals surface area contributed by atoms with Crippen molar-refractivity contribution in [3.05, 3.63) is 42.5 Å². The zero-order chi connectivity index (χ0) is 33.7. The molecule has 0 unspecified atom stereocenters. The molecular formula is C32H45N3O11. The SMILES string of the molecule is COC(=O)CN(CC(=O)OC)c1ccccc1OCCOc1cc(OCCCCCCN)ccc1N(CC(=O)OC)CC(=O)OC. The molecule has 0 aliphatic carbocycles. The van der Waals surface area contributed by atoms with Gasteiger partial charge in [-0.25, -0.2) is 0 Å². The van der Waals surface area contributed by atoms with Gasteiger partial charge in [-0.15, -0.1) is 0 Å². The van der Waals surface area contributed by atoms with E-state index in [2.05, 4.69) is 0 Å². The van der Waals surface area contributed by atoms with Crippen LogP contribution in [0.1, 0.15) is 25.7 Å². The number of hydrogen-bond donors (Lipinski definition) is 1. The molecular weight excluding hydrogens is 602 g/mol. The van der Waals surface area contributed by atoms with Crippen molar-refractivity contribution in [3.8, 4) is 17.2 Å². The van der Waals surface area contributed by atoms with Crippen LogP contribution in [-0.4, -0.2) is 105 Å². The lowest BCUT2D eigenvalue weighted by molar-refractivity contribution is -0.141. The Morgan fingerprint density at radius 2 is 1.04 bits per heavy atom. The van der Waals surface area contributed by atoms with E-state index >= 15 is 0 Å². The predicted molar refractivity (Wildman–Crippen MR) is 169 cm³/mol. The first-order chi connectivity index (χ1) is 22.3. The molecule has 2 rings (SSSR count). The number of ether oxygens (including phenoxy) is 7. The van der Waals surface area contributed by atoms with Crippen LogP contribution in [0.25, 0.3) is 0 Å². The number of para-hydroxylation sites is 2. The zero-order valence-electron chi connectivity index (χ0n) is 27.0. The minimum Gasteiger partial charge on any atom is -0.493 e. The summed E-state index contributed by atoms with van der Waals surface area (Å²) in [6, 6.07) is 12.0. The van der Waals surface area contributed by atoms with Crippen LogP contribution in [0.15, 0.2) is 42.5 Å². The second-order valence-electron chi connectivity index (χ2n) is 9.86. The van der Waals surface area contributed by atoms with Crippen molar-refractivity contribution in [2.45, 2.75) is 25.7 Å². The first-order valence-electron chi connectivity index (χ1n) is 14.8. The molecule has 0 spiro atoms. The summed E-state index contributed by atoms with van der Waals surface area (Å²) in [5, 5.41) is 0. The van der Waals surface area contributed by atoms with Crippen molar-refractivity contribution in [2.75, 3.05) is 90.8 Å². The van der Waals surface area contributed by atoms with Gasteiger partial charge in [0, 0.05) is 6.07 Å². The molecule has 2 aromatic carbocycles. The summed E-state index contributed by atoms with van der Waals surface area (Å²) in [6.07, 6.45) is 3.82. The second-order valence-corrected chi connectivity index (χ2v) is 9.86. The van der Waals surface area contributed by atoms with Crippen molar-refractivity contribution >= 4 is 35.3 Å². The fourth-order valence-electron chi connectivity index (χ4n) is 4.23. The Labute approximate surface area is 269 Å². The Morgan fingerprint density at radius 1 is 0.565 bits per heavy atom. The lowest BCUT2D eigenvalue weighted by Gasteiger charge is -2.26. The first-order valence-corrected chi connectivity index (χ1v) is 14.8. The lowest BCUT2D eigenvalue weighted by Crippen LogP contribution is -2.36. The van der Waals surface area contributed by atoms with Crippen LogP contribution >= 0.6 is 0 Å². The molecule has 0 fully saturated rings. The van der Waals surface area contributed by atoms with E-state index in [-0.39, 0.29) is 39.4 Å². The van der Waals surface area contributed by atoms with Gasteiger partial charge >= 0.3 is 23.9 Å². The average Bonchev–Trinajstić information content (AvgIpc) is 3.07. The molecule has 0 atom stereocenters. The van der Waals surface area contributed by atoms with Gasteiger partial charge in [-0.2, -0.15) is 0 Å². The number of hydrogen-bond acceptors (Lipinski definition) is 14. The van der Waals surface area contributed by atoms with Crippen LogP contribution in [0, 0.1) is 0 Å². The number of unbranched alkanes of at least 4 members (excludes halogenated alkanes) is 3. The molecule has 0 aliphatic rings. The summed E-state index contributed by atoms with van der Waals surface area (Å²) in [4.78, 5) is 51.5. The number of esters is 4. The molecule has 0 aromatic heterocycles. The molecule has 254 valence electrons. The predicted octanol–water partition coefficient (Wildman–Crippen LogP) is 2.35. The van der Waals surface area contributed by atoms with Gasteiger partial charge in [-0.05, 0) is 43.7 Å². The van der Waals surface area contributed by atoms with E-state index < -0.39 is 23.9 Å². The summed E-state index contributed by atoms with van der Waals surface area (Å²) in [5.74, 6) is -0.938. The van der Waals surface area contributed by atoms with Crippen LogP contribution in [0.3, 0.4) is 0 Å². The Kier molecular flexibility index (Phi) is 17.2. The third-order valence-electron chi connectivity index (χ3n) is 6.63. The molecule has 0 saturated heterocycles. The summed E-state index contributed by atoms with van der Waals surface area (Å²) in [5.41, 5.74) is 6.48. The maximum Gasteiger partial charge on any atom is 0.325 e. The fourth-order valence-corrected chi connectivity index (χ4v) is 4.23. The van der Waals surface area contributed by atoms with Gasteiger partial charge in [0.15, 0.2) is 0 Å². The van der Waals surface area contributed by atoms with Gasteiger partial charge in [-0.1, -0.05) is 25.0 Å². The average molecular weight is 648 g/mol. The van der Waals surface area contributed by atoms with E-state index in [1.165, 1.54) is 38.2 Å². The second kappa shape index (κ2) is 21.1. The largest absolute Gasteiger partial charge is 0.493 e. The standard InChI is InChI=1S/C32H45N3O11/c1-40-29(36)20-34(21-30(37)41-2)25-11-7-8-12-27(25)45-17-18-46-28-19-24(44-16-10-6-5-9-15-33)13-14-26(28)35(22-31(38)42-3)23-32(39)43-4/h7-8,11-14,19H,5-6,9-10,15-18,20-23,33H2,1-4H3. The van der Waals surface area contributed by atoms with Crippen molar-refractivity contribution < 1.29 is 52.3 Å². The molecule has 0 saturated carbocycles. The quantitative estimate of drug-likeness (QED) is 0.112. The molecule has 0 aliphatic heterocycles. The van der Waals surface area contributed by atoms with Gasteiger partial charge < -0.3 is 48.7 Å². The normalized spacial score (nSPS) is 10.4. The number of carbonyl (C=O) groups excluding carboxylic acids is 4. The van der Waals surface area contributed by atoms with Gasteiger partial charge in [0.05, 0.1) is 46.4 Å². The number of carbonyl (C=O) groups is 4. The smallest absolute Gasteiger partial charge is 0.325 e.